The molecule has 2 nitrogen and oxygen atoms in total. The van der Waals surface area contributed by atoms with Crippen LogP contribution in [0.3, 0.4) is 0 Å². The Bertz CT molecular complexity index is 881. The maximum atomic E-state index is 12.4. The monoisotopic (exact) mass is 300 g/mol. The zero-order valence-electron chi connectivity index (χ0n) is 12.8. The molecule has 0 amide bonds. The molecule has 0 saturated carbocycles. The van der Waals surface area contributed by atoms with Gasteiger partial charge in [-0.2, -0.15) is 0 Å². The van der Waals surface area contributed by atoms with Gasteiger partial charge >= 0.3 is 5.97 Å². The van der Waals surface area contributed by atoms with E-state index >= 15 is 0 Å². The van der Waals surface area contributed by atoms with Gasteiger partial charge in [-0.05, 0) is 39.4 Å². The van der Waals surface area contributed by atoms with Crippen LogP contribution in [-0.2, 0) is 9.53 Å². The van der Waals surface area contributed by atoms with Crippen molar-refractivity contribution >= 4 is 5.97 Å². The first-order chi connectivity index (χ1) is 11.3. The van der Waals surface area contributed by atoms with Gasteiger partial charge in [-0.25, -0.2) is 0 Å². The molecule has 112 valence electrons. The Balaban J connectivity index is 1.91. The Morgan fingerprint density at radius 2 is 1.48 bits per heavy atom. The van der Waals surface area contributed by atoms with E-state index in [1.54, 1.807) is 0 Å². The summed E-state index contributed by atoms with van der Waals surface area (Å²) in [6, 6.07) is 24.6. The molecule has 3 aromatic rings. The Morgan fingerprint density at radius 1 is 0.783 bits per heavy atom. The average molecular weight is 300 g/mol. The molecule has 0 aromatic heterocycles. The minimum absolute atomic E-state index is 0.207. The molecular weight excluding hydrogens is 284 g/mol. The number of rotatable bonds is 2. The maximum absolute atomic E-state index is 12.4. The van der Waals surface area contributed by atoms with Crippen LogP contribution in [0, 0.1) is 0 Å². The third kappa shape index (κ3) is 2.15. The molecule has 23 heavy (non-hydrogen) atoms. The summed E-state index contributed by atoms with van der Waals surface area (Å²) in [5, 5.41) is 0. The van der Waals surface area contributed by atoms with Crippen molar-refractivity contribution < 1.29 is 9.53 Å². The molecule has 0 radical (unpaired) electrons. The molecule has 0 saturated heterocycles. The first-order valence-electron chi connectivity index (χ1n) is 7.66. The van der Waals surface area contributed by atoms with Gasteiger partial charge in [-0.3, -0.25) is 4.79 Å². The summed E-state index contributed by atoms with van der Waals surface area (Å²) in [6.07, 6.45) is 0. The molecule has 1 aliphatic rings. The van der Waals surface area contributed by atoms with Crippen LogP contribution in [0.15, 0.2) is 72.8 Å². The van der Waals surface area contributed by atoms with Crippen LogP contribution in [0.5, 0.6) is 0 Å². The highest BCUT2D eigenvalue weighted by Crippen LogP contribution is 2.46. The van der Waals surface area contributed by atoms with Crippen molar-refractivity contribution in [3.05, 3.63) is 83.9 Å². The van der Waals surface area contributed by atoms with E-state index in [0.29, 0.717) is 0 Å². The largest absolute Gasteiger partial charge is 0.468 e. The van der Waals surface area contributed by atoms with Gasteiger partial charge in [0.25, 0.3) is 0 Å². The fourth-order valence-electron chi connectivity index (χ4n) is 3.39. The summed E-state index contributed by atoms with van der Waals surface area (Å²) in [6.45, 7) is 0. The van der Waals surface area contributed by atoms with Gasteiger partial charge in [0.2, 0.25) is 0 Å². The van der Waals surface area contributed by atoms with Gasteiger partial charge in [0.15, 0.2) is 0 Å². The second-order valence-electron chi connectivity index (χ2n) is 5.71. The fourth-order valence-corrected chi connectivity index (χ4v) is 3.39. The first-order valence-corrected chi connectivity index (χ1v) is 7.66. The molecule has 0 spiro atoms. The highest BCUT2D eigenvalue weighted by molar-refractivity contribution is 5.94. The lowest BCUT2D eigenvalue weighted by Crippen LogP contribution is -2.13. The Hall–Kier alpha value is -2.87. The van der Waals surface area contributed by atoms with E-state index < -0.39 is 0 Å². The number of methoxy groups -OCH3 is 1. The summed E-state index contributed by atoms with van der Waals surface area (Å²) in [7, 11) is 1.45. The van der Waals surface area contributed by atoms with Crippen molar-refractivity contribution in [1.29, 1.82) is 0 Å². The third-order valence-corrected chi connectivity index (χ3v) is 4.47. The molecular formula is C21H16O2. The number of carbonyl (C=O) groups is 1. The zero-order chi connectivity index (χ0) is 15.8. The quantitative estimate of drug-likeness (QED) is 0.644. The SMILES string of the molecule is COC(=O)C1c2ccccc2-c2ccc(-c3ccccc3)cc21. The normalized spacial score (nSPS) is 14.9. The fraction of sp³-hybridized carbons (Fsp3) is 0.0952. The molecule has 2 heteroatoms. The molecule has 3 aromatic carbocycles. The van der Waals surface area contributed by atoms with E-state index in [2.05, 4.69) is 36.4 Å². The number of benzene rings is 3. The van der Waals surface area contributed by atoms with Gasteiger partial charge in [-0.15, -0.1) is 0 Å². The topological polar surface area (TPSA) is 26.3 Å². The number of hydrogen-bond acceptors (Lipinski definition) is 2. The van der Waals surface area contributed by atoms with Crippen molar-refractivity contribution in [2.24, 2.45) is 0 Å². The summed E-state index contributed by atoms with van der Waals surface area (Å²) < 4.78 is 5.05. The summed E-state index contributed by atoms with van der Waals surface area (Å²) in [5.74, 6) is -0.545. The summed E-state index contributed by atoms with van der Waals surface area (Å²) >= 11 is 0. The third-order valence-electron chi connectivity index (χ3n) is 4.47. The van der Waals surface area contributed by atoms with E-state index in [9.17, 15) is 4.79 Å². The molecule has 4 rings (SSSR count). The van der Waals surface area contributed by atoms with Crippen LogP contribution in [0.1, 0.15) is 17.0 Å². The van der Waals surface area contributed by atoms with Crippen LogP contribution in [0.4, 0.5) is 0 Å². The minimum Gasteiger partial charge on any atom is -0.468 e. The van der Waals surface area contributed by atoms with Crippen LogP contribution in [0.2, 0.25) is 0 Å². The van der Waals surface area contributed by atoms with Crippen molar-refractivity contribution in [3.63, 3.8) is 0 Å². The molecule has 1 aliphatic carbocycles. The summed E-state index contributed by atoms with van der Waals surface area (Å²) in [5.41, 5.74) is 6.56. The second-order valence-corrected chi connectivity index (χ2v) is 5.71. The lowest BCUT2D eigenvalue weighted by Gasteiger charge is -2.12. The predicted octanol–water partition coefficient (Wildman–Crippen LogP) is 4.64. The molecule has 0 fully saturated rings. The number of fused-ring (bicyclic) bond motifs is 3. The van der Waals surface area contributed by atoms with Crippen molar-refractivity contribution in [2.75, 3.05) is 7.11 Å². The zero-order valence-corrected chi connectivity index (χ0v) is 12.8. The van der Waals surface area contributed by atoms with Crippen LogP contribution in [0.25, 0.3) is 22.3 Å². The Kier molecular flexibility index (Phi) is 3.23. The Labute approximate surface area is 135 Å². The summed E-state index contributed by atoms with van der Waals surface area (Å²) in [4.78, 5) is 12.4. The number of esters is 1. The van der Waals surface area contributed by atoms with E-state index in [1.807, 2.05) is 36.4 Å². The smallest absolute Gasteiger partial charge is 0.317 e. The van der Waals surface area contributed by atoms with Crippen LogP contribution < -0.4 is 0 Å². The number of carbonyl (C=O) groups excluding carboxylic acids is 1. The van der Waals surface area contributed by atoms with E-state index in [4.69, 9.17) is 4.74 Å². The van der Waals surface area contributed by atoms with Crippen molar-refractivity contribution in [3.8, 4) is 22.3 Å². The second kappa shape index (κ2) is 5.40. The van der Waals surface area contributed by atoms with Gasteiger partial charge < -0.3 is 4.74 Å². The molecule has 0 aliphatic heterocycles. The molecule has 0 heterocycles. The number of hydrogen-bond donors (Lipinski definition) is 0. The highest BCUT2D eigenvalue weighted by Gasteiger charge is 2.34. The molecule has 0 N–H and O–H groups in total. The van der Waals surface area contributed by atoms with E-state index in [1.165, 1.54) is 7.11 Å². The van der Waals surface area contributed by atoms with Crippen LogP contribution >= 0.6 is 0 Å². The average Bonchev–Trinajstić information content (AvgIpc) is 2.95. The standard InChI is InChI=1S/C21H16O2/c1-23-21(22)20-18-10-6-5-9-16(18)17-12-11-15(13-19(17)20)14-7-3-2-4-8-14/h2-13,20H,1H3. The van der Waals surface area contributed by atoms with Gasteiger partial charge in [0.05, 0.1) is 7.11 Å². The first kappa shape index (κ1) is 13.8. The van der Waals surface area contributed by atoms with Crippen molar-refractivity contribution in [1.82, 2.24) is 0 Å². The van der Waals surface area contributed by atoms with Gasteiger partial charge in [-0.1, -0.05) is 66.7 Å². The van der Waals surface area contributed by atoms with E-state index in [-0.39, 0.29) is 11.9 Å². The molecule has 1 unspecified atom stereocenters. The van der Waals surface area contributed by atoms with Crippen molar-refractivity contribution in [2.45, 2.75) is 5.92 Å². The molecule has 1 atom stereocenters. The molecule has 0 bridgehead atoms. The van der Waals surface area contributed by atoms with E-state index in [0.717, 1.165) is 33.4 Å². The lowest BCUT2D eigenvalue weighted by atomic mass is 9.94. The number of ether oxygens (including phenoxy) is 1. The van der Waals surface area contributed by atoms with Gasteiger partial charge in [0, 0.05) is 0 Å². The van der Waals surface area contributed by atoms with Crippen LogP contribution in [-0.4, -0.2) is 13.1 Å². The minimum atomic E-state index is -0.338. The Morgan fingerprint density at radius 3 is 2.26 bits per heavy atom. The lowest BCUT2D eigenvalue weighted by molar-refractivity contribution is -0.141. The predicted molar refractivity (Wildman–Crippen MR) is 91.2 cm³/mol. The highest BCUT2D eigenvalue weighted by atomic mass is 16.5. The maximum Gasteiger partial charge on any atom is 0.317 e. The van der Waals surface area contributed by atoms with Gasteiger partial charge in [0.1, 0.15) is 5.92 Å².